The molecule has 0 aliphatic carbocycles. The van der Waals surface area contributed by atoms with Crippen molar-refractivity contribution >= 4 is 23.2 Å². The predicted molar refractivity (Wildman–Crippen MR) is 148 cm³/mol. The van der Waals surface area contributed by atoms with Crippen molar-refractivity contribution in [2.24, 2.45) is 5.41 Å². The number of anilines is 2. The Hall–Kier alpha value is -3.58. The Morgan fingerprint density at radius 1 is 0.919 bits per heavy atom. The molecule has 7 heteroatoms. The molecular formula is C30H37N5O2. The molecule has 37 heavy (non-hydrogen) atoms. The zero-order valence-corrected chi connectivity index (χ0v) is 22.6. The van der Waals surface area contributed by atoms with Crippen molar-refractivity contribution in [1.82, 2.24) is 14.9 Å². The van der Waals surface area contributed by atoms with Crippen LogP contribution in [0.15, 0.2) is 61.1 Å². The first kappa shape index (κ1) is 26.5. The number of hydrogen-bond donors (Lipinski definition) is 0. The lowest BCUT2D eigenvalue weighted by molar-refractivity contribution is -0.137. The van der Waals surface area contributed by atoms with Gasteiger partial charge in [0.2, 0.25) is 11.8 Å². The minimum Gasteiger partial charge on any atom is -0.313 e. The molecular weight excluding hydrogens is 462 g/mol. The smallest absolute Gasteiger partial charge is 0.242 e. The maximum atomic E-state index is 13.2. The normalized spacial score (nSPS) is 15.2. The van der Waals surface area contributed by atoms with Gasteiger partial charge in [-0.1, -0.05) is 18.2 Å². The summed E-state index contributed by atoms with van der Waals surface area (Å²) in [4.78, 5) is 40.9. The van der Waals surface area contributed by atoms with Crippen LogP contribution in [0.4, 0.5) is 11.4 Å². The first-order valence-electron chi connectivity index (χ1n) is 13.0. The highest BCUT2D eigenvalue weighted by molar-refractivity contribution is 6.19. The highest BCUT2D eigenvalue weighted by Crippen LogP contribution is 2.38. The molecule has 194 valence electrons. The summed E-state index contributed by atoms with van der Waals surface area (Å²) >= 11 is 0. The van der Waals surface area contributed by atoms with Gasteiger partial charge in [-0.05, 0) is 81.5 Å². The van der Waals surface area contributed by atoms with E-state index < -0.39 is 5.41 Å². The molecule has 0 spiro atoms. The Bertz CT molecular complexity index is 1260. The SMILES string of the molecule is CCN1C(=O)C(C)(C)C(=O)N(C)c2cc(CCN(CCc3cccnc3)Cc3cccnc3C)ccc21. The van der Waals surface area contributed by atoms with E-state index in [1.807, 2.05) is 37.5 Å². The number of benzene rings is 1. The lowest BCUT2D eigenvalue weighted by atomic mass is 9.90. The summed E-state index contributed by atoms with van der Waals surface area (Å²) in [5.41, 5.74) is 5.09. The average molecular weight is 500 g/mol. The van der Waals surface area contributed by atoms with Gasteiger partial charge in [0.05, 0.1) is 11.4 Å². The molecule has 0 fully saturated rings. The third-order valence-electron chi connectivity index (χ3n) is 7.29. The Balaban J connectivity index is 1.56. The van der Waals surface area contributed by atoms with Crippen molar-refractivity contribution in [2.45, 2.75) is 47.1 Å². The third kappa shape index (κ3) is 5.72. The molecule has 4 rings (SSSR count). The molecule has 2 aromatic heterocycles. The number of fused-ring (bicyclic) bond motifs is 1. The summed E-state index contributed by atoms with van der Waals surface area (Å²) < 4.78 is 0. The highest BCUT2D eigenvalue weighted by atomic mass is 16.2. The van der Waals surface area contributed by atoms with Gasteiger partial charge in [-0.25, -0.2) is 0 Å². The number of nitrogens with zero attached hydrogens (tertiary/aromatic N) is 5. The zero-order chi connectivity index (χ0) is 26.6. The van der Waals surface area contributed by atoms with Crippen LogP contribution in [0.5, 0.6) is 0 Å². The van der Waals surface area contributed by atoms with Crippen molar-refractivity contribution in [3.8, 4) is 0 Å². The van der Waals surface area contributed by atoms with Crippen molar-refractivity contribution in [3.63, 3.8) is 0 Å². The second-order valence-corrected chi connectivity index (χ2v) is 10.2. The van der Waals surface area contributed by atoms with E-state index in [9.17, 15) is 9.59 Å². The number of pyridine rings is 2. The Morgan fingerprint density at radius 3 is 2.32 bits per heavy atom. The molecule has 0 radical (unpaired) electrons. The molecule has 0 saturated carbocycles. The summed E-state index contributed by atoms with van der Waals surface area (Å²) in [5, 5.41) is 0. The maximum absolute atomic E-state index is 13.2. The molecule has 0 N–H and O–H groups in total. The van der Waals surface area contributed by atoms with Gasteiger partial charge in [0.1, 0.15) is 5.41 Å². The Labute approximate surface area is 220 Å². The van der Waals surface area contributed by atoms with Gasteiger partial charge in [-0.3, -0.25) is 24.5 Å². The number of carbonyl (C=O) groups excluding carboxylic acids is 2. The first-order valence-corrected chi connectivity index (χ1v) is 13.0. The predicted octanol–water partition coefficient (Wildman–Crippen LogP) is 4.43. The average Bonchev–Trinajstić information content (AvgIpc) is 2.96. The lowest BCUT2D eigenvalue weighted by Gasteiger charge is -2.27. The number of carbonyl (C=O) groups is 2. The number of amides is 2. The third-order valence-corrected chi connectivity index (χ3v) is 7.29. The van der Waals surface area contributed by atoms with Crippen LogP contribution in [0.1, 0.15) is 43.2 Å². The molecule has 1 aromatic carbocycles. The van der Waals surface area contributed by atoms with Crippen LogP contribution in [-0.2, 0) is 29.0 Å². The Morgan fingerprint density at radius 2 is 1.65 bits per heavy atom. The van der Waals surface area contributed by atoms with Gasteiger partial charge in [0.25, 0.3) is 0 Å². The van der Waals surface area contributed by atoms with E-state index in [-0.39, 0.29) is 11.8 Å². The quantitative estimate of drug-likeness (QED) is 0.408. The standard InChI is InChI=1S/C30H37N5O2/c1-6-35-26-12-11-23(19-27(26)33(5)28(36)30(3,4)29(35)37)13-17-34(18-14-24-9-7-15-31-20-24)21-25-10-8-16-32-22(25)2/h7-12,15-16,19-20H,6,13-14,17-18,21H2,1-5H3. The van der Waals surface area contributed by atoms with E-state index in [0.29, 0.717) is 6.54 Å². The minimum atomic E-state index is -1.10. The van der Waals surface area contributed by atoms with Crippen molar-refractivity contribution in [3.05, 3.63) is 83.4 Å². The second-order valence-electron chi connectivity index (χ2n) is 10.2. The molecule has 0 saturated heterocycles. The minimum absolute atomic E-state index is 0.160. The first-order chi connectivity index (χ1) is 17.7. The van der Waals surface area contributed by atoms with Crippen LogP contribution < -0.4 is 9.80 Å². The van der Waals surface area contributed by atoms with E-state index in [0.717, 1.165) is 55.1 Å². The fourth-order valence-electron chi connectivity index (χ4n) is 4.92. The van der Waals surface area contributed by atoms with Gasteiger partial charge in [0, 0.05) is 57.5 Å². The molecule has 0 bridgehead atoms. The lowest BCUT2D eigenvalue weighted by Crippen LogP contribution is -2.47. The van der Waals surface area contributed by atoms with E-state index in [4.69, 9.17) is 0 Å². The van der Waals surface area contributed by atoms with Crippen LogP contribution in [-0.4, -0.2) is 53.4 Å². The van der Waals surface area contributed by atoms with Crippen molar-refractivity contribution < 1.29 is 9.59 Å². The second kappa shape index (κ2) is 11.2. The molecule has 1 aliphatic rings. The number of aryl methyl sites for hydroxylation is 1. The van der Waals surface area contributed by atoms with Gasteiger partial charge in [0.15, 0.2) is 0 Å². The molecule has 1 aliphatic heterocycles. The van der Waals surface area contributed by atoms with E-state index in [1.54, 1.807) is 36.9 Å². The summed E-state index contributed by atoms with van der Waals surface area (Å²) in [6.07, 6.45) is 7.30. The molecule has 2 amide bonds. The van der Waals surface area contributed by atoms with E-state index in [1.165, 1.54) is 11.1 Å². The van der Waals surface area contributed by atoms with Gasteiger partial charge in [-0.2, -0.15) is 0 Å². The van der Waals surface area contributed by atoms with Crippen LogP contribution >= 0.6 is 0 Å². The fraction of sp³-hybridized carbons (Fsp3) is 0.400. The fourth-order valence-corrected chi connectivity index (χ4v) is 4.92. The number of rotatable bonds is 9. The van der Waals surface area contributed by atoms with Gasteiger partial charge < -0.3 is 9.80 Å². The monoisotopic (exact) mass is 499 g/mol. The van der Waals surface area contributed by atoms with Crippen LogP contribution in [0, 0.1) is 12.3 Å². The van der Waals surface area contributed by atoms with Crippen LogP contribution in [0.2, 0.25) is 0 Å². The van der Waals surface area contributed by atoms with E-state index >= 15 is 0 Å². The topological polar surface area (TPSA) is 69.6 Å². The molecule has 0 atom stereocenters. The number of aromatic nitrogens is 2. The summed E-state index contributed by atoms with van der Waals surface area (Å²) in [5.74, 6) is -0.344. The summed E-state index contributed by atoms with van der Waals surface area (Å²) in [6, 6.07) is 14.4. The van der Waals surface area contributed by atoms with Gasteiger partial charge >= 0.3 is 0 Å². The van der Waals surface area contributed by atoms with Gasteiger partial charge in [-0.15, -0.1) is 0 Å². The summed E-state index contributed by atoms with van der Waals surface area (Å²) in [6.45, 7) is 10.5. The molecule has 0 unspecified atom stereocenters. The molecule has 7 nitrogen and oxygen atoms in total. The van der Waals surface area contributed by atoms with Crippen molar-refractivity contribution in [2.75, 3.05) is 36.5 Å². The largest absolute Gasteiger partial charge is 0.313 e. The van der Waals surface area contributed by atoms with Crippen LogP contribution in [0.3, 0.4) is 0 Å². The number of hydrogen-bond acceptors (Lipinski definition) is 5. The van der Waals surface area contributed by atoms with E-state index in [2.05, 4.69) is 46.1 Å². The highest BCUT2D eigenvalue weighted by Gasteiger charge is 2.45. The van der Waals surface area contributed by atoms with Crippen LogP contribution in [0.25, 0.3) is 0 Å². The van der Waals surface area contributed by atoms with Crippen molar-refractivity contribution in [1.29, 1.82) is 0 Å². The maximum Gasteiger partial charge on any atom is 0.242 e. The summed E-state index contributed by atoms with van der Waals surface area (Å²) in [7, 11) is 1.77. The molecule has 3 heterocycles. The zero-order valence-electron chi connectivity index (χ0n) is 22.6. The Kier molecular flexibility index (Phi) is 8.03. The molecule has 3 aromatic rings.